The third-order valence-electron chi connectivity index (χ3n) is 4.76. The maximum absolute atomic E-state index is 4.63. The van der Waals surface area contributed by atoms with Crippen molar-refractivity contribution in [2.24, 2.45) is 0 Å². The molecular weight excluding hydrogens is 326 g/mol. The van der Waals surface area contributed by atoms with Crippen LogP contribution in [-0.4, -0.2) is 42.9 Å². The zero-order chi connectivity index (χ0) is 17.8. The summed E-state index contributed by atoms with van der Waals surface area (Å²) in [6.07, 6.45) is 9.32. The molecule has 0 radical (unpaired) electrons. The first-order valence-corrected chi connectivity index (χ1v) is 9.00. The fraction of sp³-hybridized carbons (Fsp3) is 0.368. The highest BCUT2D eigenvalue weighted by Crippen LogP contribution is 2.31. The van der Waals surface area contributed by atoms with E-state index in [0.717, 1.165) is 61.3 Å². The summed E-state index contributed by atoms with van der Waals surface area (Å²) in [6, 6.07) is 5.93. The Morgan fingerprint density at radius 1 is 1.12 bits per heavy atom. The van der Waals surface area contributed by atoms with E-state index in [9.17, 15) is 0 Å². The second kappa shape index (κ2) is 7.61. The van der Waals surface area contributed by atoms with Crippen molar-refractivity contribution < 1.29 is 0 Å². The molecule has 7 heteroatoms. The van der Waals surface area contributed by atoms with E-state index in [1.165, 1.54) is 0 Å². The molecule has 0 spiro atoms. The van der Waals surface area contributed by atoms with Gasteiger partial charge in [0.15, 0.2) is 5.82 Å². The first-order chi connectivity index (χ1) is 12.8. The van der Waals surface area contributed by atoms with E-state index in [0.29, 0.717) is 5.92 Å². The van der Waals surface area contributed by atoms with Crippen molar-refractivity contribution in [3.63, 3.8) is 0 Å². The van der Waals surface area contributed by atoms with Crippen LogP contribution in [0.2, 0.25) is 0 Å². The lowest BCUT2D eigenvalue weighted by atomic mass is 9.93. The molecule has 3 aromatic rings. The predicted molar refractivity (Wildman–Crippen MR) is 100 cm³/mol. The van der Waals surface area contributed by atoms with Gasteiger partial charge in [0.2, 0.25) is 0 Å². The first-order valence-electron chi connectivity index (χ1n) is 9.00. The van der Waals surface area contributed by atoms with Crippen LogP contribution in [0.3, 0.4) is 0 Å². The van der Waals surface area contributed by atoms with Crippen LogP contribution < -0.4 is 5.32 Å². The summed E-state index contributed by atoms with van der Waals surface area (Å²) in [5.41, 5.74) is 2.01. The van der Waals surface area contributed by atoms with Gasteiger partial charge in [-0.25, -0.2) is 15.0 Å². The number of aryl methyl sites for hydroxylation is 1. The molecule has 1 aliphatic rings. The maximum atomic E-state index is 4.63. The van der Waals surface area contributed by atoms with E-state index in [4.69, 9.17) is 0 Å². The zero-order valence-corrected chi connectivity index (χ0v) is 14.9. The van der Waals surface area contributed by atoms with Gasteiger partial charge in [-0.05, 0) is 45.0 Å². The number of anilines is 2. The summed E-state index contributed by atoms with van der Waals surface area (Å²) >= 11 is 0. The molecule has 0 aromatic carbocycles. The largest absolute Gasteiger partial charge is 0.348 e. The Balaban J connectivity index is 1.43. The van der Waals surface area contributed by atoms with Crippen LogP contribution in [0.25, 0.3) is 0 Å². The van der Waals surface area contributed by atoms with Crippen LogP contribution >= 0.6 is 0 Å². The summed E-state index contributed by atoms with van der Waals surface area (Å²) in [4.78, 5) is 23.6. The Morgan fingerprint density at radius 3 is 2.73 bits per heavy atom. The molecule has 1 saturated heterocycles. The number of H-pyrrole nitrogens is 1. The molecule has 1 fully saturated rings. The number of rotatable bonds is 5. The van der Waals surface area contributed by atoms with Crippen LogP contribution in [0.4, 0.5) is 11.6 Å². The van der Waals surface area contributed by atoms with Gasteiger partial charge in [-0.2, -0.15) is 0 Å². The van der Waals surface area contributed by atoms with Crippen LogP contribution in [0.5, 0.6) is 0 Å². The Morgan fingerprint density at radius 2 is 1.96 bits per heavy atom. The van der Waals surface area contributed by atoms with Gasteiger partial charge < -0.3 is 10.3 Å². The molecule has 3 aromatic heterocycles. The minimum Gasteiger partial charge on any atom is -0.348 e. The predicted octanol–water partition coefficient (Wildman–Crippen LogP) is 3.03. The second-order valence-corrected chi connectivity index (χ2v) is 6.67. The van der Waals surface area contributed by atoms with Crippen molar-refractivity contribution in [3.05, 3.63) is 60.2 Å². The smallest absolute Gasteiger partial charge is 0.153 e. The standard InChI is InChI=1S/C19H23N7/c1-14-3-2-4-16(24-14)25-19-18(22-9-10-23-19)15-5-11-26(12-6-15)13-17-20-7-8-21-17/h2-4,7-10,15H,5-6,11-13H2,1H3,(H,20,21)(H,23,24,25). The van der Waals surface area contributed by atoms with Crippen molar-refractivity contribution >= 4 is 11.6 Å². The molecule has 0 amide bonds. The minimum absolute atomic E-state index is 0.406. The van der Waals surface area contributed by atoms with E-state index < -0.39 is 0 Å². The van der Waals surface area contributed by atoms with Gasteiger partial charge in [0.1, 0.15) is 11.6 Å². The number of aromatic amines is 1. The zero-order valence-electron chi connectivity index (χ0n) is 14.9. The van der Waals surface area contributed by atoms with E-state index in [2.05, 4.69) is 35.1 Å². The number of nitrogens with one attached hydrogen (secondary N) is 2. The van der Waals surface area contributed by atoms with Gasteiger partial charge in [0.25, 0.3) is 0 Å². The monoisotopic (exact) mass is 349 g/mol. The number of piperidine rings is 1. The van der Waals surface area contributed by atoms with Gasteiger partial charge in [0, 0.05) is 36.4 Å². The maximum Gasteiger partial charge on any atom is 0.153 e. The summed E-state index contributed by atoms with van der Waals surface area (Å²) in [6.45, 7) is 4.92. The van der Waals surface area contributed by atoms with Crippen LogP contribution in [0, 0.1) is 6.92 Å². The van der Waals surface area contributed by atoms with Crippen LogP contribution in [-0.2, 0) is 6.54 Å². The normalized spacial score (nSPS) is 15.9. The lowest BCUT2D eigenvalue weighted by Gasteiger charge is -2.31. The lowest BCUT2D eigenvalue weighted by Crippen LogP contribution is -2.33. The Labute approximate surface area is 152 Å². The van der Waals surface area contributed by atoms with Gasteiger partial charge in [-0.15, -0.1) is 0 Å². The third kappa shape index (κ3) is 3.88. The molecule has 2 N–H and O–H groups in total. The average Bonchev–Trinajstić information content (AvgIpc) is 3.16. The highest BCUT2D eigenvalue weighted by atomic mass is 15.2. The van der Waals surface area contributed by atoms with Crippen LogP contribution in [0.1, 0.15) is 36.0 Å². The summed E-state index contributed by atoms with van der Waals surface area (Å²) in [5, 5.41) is 3.34. The third-order valence-corrected chi connectivity index (χ3v) is 4.76. The minimum atomic E-state index is 0.406. The van der Waals surface area contributed by atoms with Gasteiger partial charge >= 0.3 is 0 Å². The van der Waals surface area contributed by atoms with Crippen molar-refractivity contribution in [2.75, 3.05) is 18.4 Å². The number of hydrogen-bond acceptors (Lipinski definition) is 6. The van der Waals surface area contributed by atoms with E-state index in [-0.39, 0.29) is 0 Å². The average molecular weight is 349 g/mol. The summed E-state index contributed by atoms with van der Waals surface area (Å²) in [5.74, 6) is 3.05. The molecule has 0 atom stereocenters. The summed E-state index contributed by atoms with van der Waals surface area (Å²) < 4.78 is 0. The first kappa shape index (κ1) is 16.7. The highest BCUT2D eigenvalue weighted by molar-refractivity contribution is 5.54. The van der Waals surface area contributed by atoms with E-state index in [1.54, 1.807) is 18.6 Å². The molecular formula is C19H23N7. The number of imidazole rings is 1. The number of pyridine rings is 1. The Kier molecular flexibility index (Phi) is 4.88. The molecule has 26 heavy (non-hydrogen) atoms. The number of hydrogen-bond donors (Lipinski definition) is 2. The molecule has 0 aliphatic carbocycles. The fourth-order valence-electron chi connectivity index (χ4n) is 3.44. The number of aromatic nitrogens is 5. The molecule has 7 nitrogen and oxygen atoms in total. The molecule has 0 bridgehead atoms. The molecule has 0 saturated carbocycles. The van der Waals surface area contributed by atoms with Gasteiger partial charge in [0.05, 0.1) is 12.2 Å². The number of nitrogens with zero attached hydrogens (tertiary/aromatic N) is 5. The van der Waals surface area contributed by atoms with Crippen molar-refractivity contribution in [1.82, 2.24) is 29.8 Å². The number of likely N-dealkylation sites (tertiary alicyclic amines) is 1. The van der Waals surface area contributed by atoms with E-state index >= 15 is 0 Å². The van der Waals surface area contributed by atoms with Crippen molar-refractivity contribution in [1.29, 1.82) is 0 Å². The van der Waals surface area contributed by atoms with Crippen LogP contribution in [0.15, 0.2) is 43.0 Å². The van der Waals surface area contributed by atoms with E-state index in [1.807, 2.05) is 31.3 Å². The molecule has 4 heterocycles. The van der Waals surface area contributed by atoms with Gasteiger partial charge in [-0.1, -0.05) is 6.07 Å². The van der Waals surface area contributed by atoms with Gasteiger partial charge in [-0.3, -0.25) is 9.88 Å². The summed E-state index contributed by atoms with van der Waals surface area (Å²) in [7, 11) is 0. The molecule has 134 valence electrons. The Bertz CT molecular complexity index is 839. The SMILES string of the molecule is Cc1cccc(Nc2nccnc2C2CCN(Cc3ncc[nH]3)CC2)n1. The van der Waals surface area contributed by atoms with Crippen molar-refractivity contribution in [3.8, 4) is 0 Å². The second-order valence-electron chi connectivity index (χ2n) is 6.67. The highest BCUT2D eigenvalue weighted by Gasteiger charge is 2.24. The molecule has 1 aliphatic heterocycles. The lowest BCUT2D eigenvalue weighted by molar-refractivity contribution is 0.199. The molecule has 4 rings (SSSR count). The quantitative estimate of drug-likeness (QED) is 0.737. The molecule has 0 unspecified atom stereocenters. The topological polar surface area (TPSA) is 82.6 Å². The fourth-order valence-corrected chi connectivity index (χ4v) is 3.44. The van der Waals surface area contributed by atoms with Crippen molar-refractivity contribution in [2.45, 2.75) is 32.2 Å². The Hall–Kier alpha value is -2.80.